The van der Waals surface area contributed by atoms with E-state index in [1.807, 2.05) is 24.3 Å². The Morgan fingerprint density at radius 2 is 1.62 bits per heavy atom. The van der Waals surface area contributed by atoms with Crippen molar-refractivity contribution in [3.05, 3.63) is 88.8 Å². The van der Waals surface area contributed by atoms with E-state index in [4.69, 9.17) is 4.42 Å². The van der Waals surface area contributed by atoms with Crippen molar-refractivity contribution in [1.29, 1.82) is 0 Å². The second kappa shape index (κ2) is 5.21. The number of hydrogen-bond donors (Lipinski definition) is 0. The highest BCUT2D eigenvalue weighted by atomic mass is 16.4. The van der Waals surface area contributed by atoms with Gasteiger partial charge in [0.15, 0.2) is 5.78 Å². The van der Waals surface area contributed by atoms with Gasteiger partial charge in [0.25, 0.3) is 0 Å². The minimum atomic E-state index is -0.643. The number of carbonyl (C=O) groups is 1. The molecule has 0 radical (unpaired) electrons. The number of ketones is 1. The molecule has 3 heteroatoms. The predicted molar refractivity (Wildman–Crippen MR) is 82.3 cm³/mol. The molecular weight excluding hydrogens is 264 g/mol. The molecule has 0 N–H and O–H groups in total. The van der Waals surface area contributed by atoms with Crippen LogP contribution < -0.4 is 5.63 Å². The fourth-order valence-corrected chi connectivity index (χ4v) is 2.15. The zero-order chi connectivity index (χ0) is 14.8. The lowest BCUT2D eigenvalue weighted by Gasteiger charge is -2.05. The summed E-state index contributed by atoms with van der Waals surface area (Å²) in [5.74, 6) is -0.416. The zero-order valence-corrected chi connectivity index (χ0v) is 11.2. The summed E-state index contributed by atoms with van der Waals surface area (Å²) in [5, 5.41) is 0.710. The molecule has 0 bridgehead atoms. The monoisotopic (exact) mass is 276 g/mol. The summed E-state index contributed by atoms with van der Waals surface area (Å²) < 4.78 is 5.18. The van der Waals surface area contributed by atoms with Gasteiger partial charge >= 0.3 is 5.63 Å². The minimum absolute atomic E-state index is 0.00236. The number of allylic oxidation sites excluding steroid dienone is 1. The number of rotatable bonds is 3. The smallest absolute Gasteiger partial charge is 0.347 e. The van der Waals surface area contributed by atoms with E-state index >= 15 is 0 Å². The van der Waals surface area contributed by atoms with Crippen LogP contribution in [0.25, 0.3) is 16.5 Å². The minimum Gasteiger partial charge on any atom is -0.422 e. The first-order valence-corrected chi connectivity index (χ1v) is 6.49. The van der Waals surface area contributed by atoms with Crippen molar-refractivity contribution in [3.63, 3.8) is 0 Å². The Hall–Kier alpha value is -2.94. The van der Waals surface area contributed by atoms with Crippen LogP contribution in [-0.4, -0.2) is 5.78 Å². The van der Waals surface area contributed by atoms with Crippen molar-refractivity contribution in [2.24, 2.45) is 0 Å². The highest BCUT2D eigenvalue weighted by Gasteiger charge is 2.17. The van der Waals surface area contributed by atoms with Gasteiger partial charge in [-0.2, -0.15) is 0 Å². The lowest BCUT2D eigenvalue weighted by molar-refractivity contribution is 0.105. The molecule has 102 valence electrons. The molecule has 0 saturated heterocycles. The van der Waals surface area contributed by atoms with E-state index < -0.39 is 11.4 Å². The first-order chi connectivity index (χ1) is 10.2. The quantitative estimate of drug-likeness (QED) is 0.416. The van der Waals surface area contributed by atoms with Crippen LogP contribution in [0.5, 0.6) is 0 Å². The average molecular weight is 276 g/mol. The summed E-state index contributed by atoms with van der Waals surface area (Å²) in [6.07, 6.45) is 0. The lowest BCUT2D eigenvalue weighted by atomic mass is 9.99. The van der Waals surface area contributed by atoms with E-state index in [-0.39, 0.29) is 11.1 Å². The maximum absolute atomic E-state index is 12.5. The Bertz CT molecular complexity index is 889. The summed E-state index contributed by atoms with van der Waals surface area (Å²) in [4.78, 5) is 24.4. The van der Waals surface area contributed by atoms with Crippen molar-refractivity contribution in [1.82, 2.24) is 0 Å². The van der Waals surface area contributed by atoms with E-state index in [1.165, 1.54) is 0 Å². The summed E-state index contributed by atoms with van der Waals surface area (Å²) in [5.41, 5.74) is 0.788. The molecule has 0 amide bonds. The van der Waals surface area contributed by atoms with E-state index in [0.29, 0.717) is 16.5 Å². The fourth-order valence-electron chi connectivity index (χ4n) is 2.15. The Balaban J connectivity index is 2.08. The summed E-state index contributed by atoms with van der Waals surface area (Å²) in [6, 6.07) is 17.7. The Labute approximate surface area is 121 Å². The topological polar surface area (TPSA) is 47.3 Å². The number of hydrogen-bond acceptors (Lipinski definition) is 3. The van der Waals surface area contributed by atoms with E-state index in [2.05, 4.69) is 6.58 Å². The Morgan fingerprint density at radius 3 is 2.38 bits per heavy atom. The highest BCUT2D eigenvalue weighted by molar-refractivity contribution is 6.28. The molecule has 0 aliphatic heterocycles. The van der Waals surface area contributed by atoms with Crippen molar-refractivity contribution in [2.45, 2.75) is 0 Å². The third-order valence-electron chi connectivity index (χ3n) is 3.28. The molecule has 3 rings (SSSR count). The second-order valence-corrected chi connectivity index (χ2v) is 4.66. The van der Waals surface area contributed by atoms with Crippen molar-refractivity contribution in [3.8, 4) is 0 Å². The second-order valence-electron chi connectivity index (χ2n) is 4.66. The molecule has 1 aromatic heterocycles. The first kappa shape index (κ1) is 13.1. The van der Waals surface area contributed by atoms with Crippen LogP contribution in [0.4, 0.5) is 0 Å². The van der Waals surface area contributed by atoms with Gasteiger partial charge in [0.1, 0.15) is 11.1 Å². The van der Waals surface area contributed by atoms with Crippen LogP contribution in [0.2, 0.25) is 0 Å². The molecule has 3 aromatic rings. The molecule has 0 saturated carbocycles. The number of carbonyl (C=O) groups excluding carboxylic acids is 1. The Kier molecular flexibility index (Phi) is 3.24. The van der Waals surface area contributed by atoms with Crippen LogP contribution in [0.1, 0.15) is 15.9 Å². The van der Waals surface area contributed by atoms with E-state index in [0.717, 1.165) is 0 Å². The largest absolute Gasteiger partial charge is 0.422 e. The summed E-state index contributed by atoms with van der Waals surface area (Å²) in [7, 11) is 0. The number of fused-ring (bicyclic) bond motifs is 1. The van der Waals surface area contributed by atoms with Gasteiger partial charge in [0.2, 0.25) is 0 Å². The van der Waals surface area contributed by atoms with Crippen LogP contribution in [0, 0.1) is 0 Å². The zero-order valence-electron chi connectivity index (χ0n) is 11.2. The molecule has 0 spiro atoms. The van der Waals surface area contributed by atoms with Gasteiger partial charge in [-0.05, 0) is 17.7 Å². The summed E-state index contributed by atoms with van der Waals surface area (Å²) in [6.45, 7) is 3.79. The molecule has 0 aliphatic rings. The number of para-hydroxylation sites is 1. The first-order valence-electron chi connectivity index (χ1n) is 6.49. The molecule has 21 heavy (non-hydrogen) atoms. The van der Waals surface area contributed by atoms with Crippen molar-refractivity contribution >= 4 is 22.3 Å². The van der Waals surface area contributed by atoms with Crippen LogP contribution >= 0.6 is 0 Å². The molecule has 1 heterocycles. The van der Waals surface area contributed by atoms with Crippen LogP contribution in [0.3, 0.4) is 0 Å². The van der Waals surface area contributed by atoms with Crippen LogP contribution in [-0.2, 0) is 0 Å². The van der Waals surface area contributed by atoms with Crippen molar-refractivity contribution in [2.75, 3.05) is 0 Å². The van der Waals surface area contributed by atoms with Gasteiger partial charge in [-0.3, -0.25) is 4.79 Å². The number of Topliss-reactive ketones (excluding diaryl/α,β-unsaturated/α-hetero) is 1. The van der Waals surface area contributed by atoms with E-state index in [1.54, 1.807) is 36.4 Å². The normalized spacial score (nSPS) is 10.5. The molecule has 0 atom stereocenters. The average Bonchev–Trinajstić information content (AvgIpc) is 2.53. The predicted octanol–water partition coefficient (Wildman–Crippen LogP) is 3.69. The van der Waals surface area contributed by atoms with Gasteiger partial charge in [0.05, 0.1) is 0 Å². The third kappa shape index (κ3) is 2.41. The standard InChI is InChI=1S/C18H12O3/c1-12(13-7-3-2-4-8-13)17(19)15-11-14-9-5-6-10-16(14)21-18(15)20/h2-11H,1H2. The maximum atomic E-state index is 12.5. The van der Waals surface area contributed by atoms with Gasteiger partial charge in [0, 0.05) is 11.0 Å². The molecule has 0 fully saturated rings. The van der Waals surface area contributed by atoms with E-state index in [9.17, 15) is 9.59 Å². The highest BCUT2D eigenvalue weighted by Crippen LogP contribution is 2.19. The third-order valence-corrected chi connectivity index (χ3v) is 3.28. The molecular formula is C18H12O3. The van der Waals surface area contributed by atoms with Gasteiger partial charge < -0.3 is 4.42 Å². The van der Waals surface area contributed by atoms with Crippen molar-refractivity contribution < 1.29 is 9.21 Å². The van der Waals surface area contributed by atoms with Gasteiger partial charge in [-0.1, -0.05) is 55.1 Å². The fraction of sp³-hybridized carbons (Fsp3) is 0. The SMILES string of the molecule is C=C(C(=O)c1cc2ccccc2oc1=O)c1ccccc1. The summed E-state index contributed by atoms with van der Waals surface area (Å²) >= 11 is 0. The number of benzene rings is 2. The molecule has 0 unspecified atom stereocenters. The molecule has 3 nitrogen and oxygen atoms in total. The molecule has 0 aliphatic carbocycles. The Morgan fingerprint density at radius 1 is 0.952 bits per heavy atom. The molecule has 2 aromatic carbocycles. The lowest BCUT2D eigenvalue weighted by Crippen LogP contribution is -2.14. The van der Waals surface area contributed by atoms with Gasteiger partial charge in [-0.25, -0.2) is 4.79 Å². The van der Waals surface area contributed by atoms with Crippen LogP contribution in [0.15, 0.2) is 76.5 Å². The maximum Gasteiger partial charge on any atom is 0.347 e. The van der Waals surface area contributed by atoms with Gasteiger partial charge in [-0.15, -0.1) is 0 Å².